The second-order valence-electron chi connectivity index (χ2n) is 8.71. The number of aryl methyl sites for hydroxylation is 1. The third-order valence-electron chi connectivity index (χ3n) is 6.35. The van der Waals surface area contributed by atoms with Gasteiger partial charge in [0.25, 0.3) is 10.0 Å². The highest BCUT2D eigenvalue weighted by atomic mass is 32.2. The van der Waals surface area contributed by atoms with E-state index in [0.717, 1.165) is 49.3 Å². The number of sulfonamides is 1. The van der Waals surface area contributed by atoms with Gasteiger partial charge >= 0.3 is 0 Å². The predicted molar refractivity (Wildman–Crippen MR) is 124 cm³/mol. The Morgan fingerprint density at radius 3 is 1.81 bits per heavy atom. The van der Waals surface area contributed by atoms with Crippen LogP contribution in [0.2, 0.25) is 0 Å². The van der Waals surface area contributed by atoms with E-state index in [-0.39, 0.29) is 4.90 Å². The number of nitrogens with zero attached hydrogens (tertiary/aromatic N) is 2. The van der Waals surface area contributed by atoms with Crippen LogP contribution in [0.15, 0.2) is 41.3 Å². The highest BCUT2D eigenvalue weighted by Crippen LogP contribution is 2.32. The van der Waals surface area contributed by atoms with E-state index in [1.54, 1.807) is 24.3 Å². The van der Waals surface area contributed by atoms with Crippen molar-refractivity contribution in [3.8, 4) is 5.75 Å². The average Bonchev–Trinajstić information content (AvgIpc) is 3.45. The van der Waals surface area contributed by atoms with Gasteiger partial charge in [-0.1, -0.05) is 19.1 Å². The van der Waals surface area contributed by atoms with Crippen molar-refractivity contribution >= 4 is 15.7 Å². The Balaban J connectivity index is 1.62. The van der Waals surface area contributed by atoms with Crippen LogP contribution in [0, 0.1) is 0 Å². The highest BCUT2D eigenvalue weighted by Gasteiger charge is 2.21. The molecule has 2 aromatic rings. The lowest BCUT2D eigenvalue weighted by Gasteiger charge is -2.21. The van der Waals surface area contributed by atoms with Gasteiger partial charge in [0.1, 0.15) is 5.75 Å². The van der Waals surface area contributed by atoms with Crippen molar-refractivity contribution < 1.29 is 13.5 Å². The van der Waals surface area contributed by atoms with Gasteiger partial charge in [-0.3, -0.25) is 14.5 Å². The van der Waals surface area contributed by atoms with Crippen LogP contribution in [0.5, 0.6) is 5.75 Å². The quantitative estimate of drug-likeness (QED) is 0.605. The molecule has 0 aliphatic carbocycles. The van der Waals surface area contributed by atoms with Crippen LogP contribution in [-0.2, 0) is 29.5 Å². The standard InChI is InChI=1S/C24H33N3O3S/c1-2-19-7-9-23(10-8-19)31(29,30)25-22-15-20(17-26-11-3-4-12-26)24(28)21(16-22)18-27-13-5-6-14-27/h7-10,15-16,25,28H,2-6,11-14,17-18H2,1H3. The third-order valence-corrected chi connectivity index (χ3v) is 7.74. The van der Waals surface area contributed by atoms with Gasteiger partial charge in [0.2, 0.25) is 0 Å². The van der Waals surface area contributed by atoms with Crippen molar-refractivity contribution in [2.24, 2.45) is 0 Å². The first-order valence-electron chi connectivity index (χ1n) is 11.4. The van der Waals surface area contributed by atoms with Gasteiger partial charge in [-0.15, -0.1) is 0 Å². The van der Waals surface area contributed by atoms with Gasteiger partial charge in [0.05, 0.1) is 4.90 Å². The first-order valence-corrected chi connectivity index (χ1v) is 12.8. The third kappa shape index (κ3) is 5.40. The molecule has 0 atom stereocenters. The van der Waals surface area contributed by atoms with Crippen molar-refractivity contribution in [2.75, 3.05) is 30.9 Å². The number of aromatic hydroxyl groups is 1. The molecule has 168 valence electrons. The Morgan fingerprint density at radius 1 is 0.871 bits per heavy atom. The van der Waals surface area contributed by atoms with Crippen LogP contribution in [0.1, 0.15) is 49.3 Å². The van der Waals surface area contributed by atoms with Crippen molar-refractivity contribution in [3.05, 3.63) is 53.1 Å². The van der Waals surface area contributed by atoms with Crippen LogP contribution >= 0.6 is 0 Å². The molecule has 2 saturated heterocycles. The number of hydrogen-bond donors (Lipinski definition) is 2. The first kappa shape index (κ1) is 22.1. The number of rotatable bonds is 8. The van der Waals surface area contributed by atoms with Crippen LogP contribution in [0.3, 0.4) is 0 Å². The Bertz CT molecular complexity index is 954. The molecule has 2 N–H and O–H groups in total. The van der Waals surface area contributed by atoms with E-state index in [4.69, 9.17) is 0 Å². The van der Waals surface area contributed by atoms with Crippen LogP contribution in [0.25, 0.3) is 0 Å². The van der Waals surface area contributed by atoms with E-state index >= 15 is 0 Å². The summed E-state index contributed by atoms with van der Waals surface area (Å²) in [5.41, 5.74) is 3.19. The van der Waals surface area contributed by atoms with Crippen molar-refractivity contribution in [2.45, 2.75) is 57.0 Å². The maximum absolute atomic E-state index is 13.0. The number of nitrogens with one attached hydrogen (secondary N) is 1. The van der Waals surface area contributed by atoms with Gasteiger partial charge < -0.3 is 5.11 Å². The molecule has 4 rings (SSSR count). The molecule has 7 heteroatoms. The van der Waals surface area contributed by atoms with E-state index in [9.17, 15) is 13.5 Å². The number of hydrogen-bond acceptors (Lipinski definition) is 5. The van der Waals surface area contributed by atoms with Crippen LogP contribution < -0.4 is 4.72 Å². The minimum absolute atomic E-state index is 0.250. The van der Waals surface area contributed by atoms with Crippen molar-refractivity contribution in [3.63, 3.8) is 0 Å². The number of phenolic OH excluding ortho intramolecular Hbond substituents is 1. The topological polar surface area (TPSA) is 72.9 Å². The summed E-state index contributed by atoms with van der Waals surface area (Å²) in [4.78, 5) is 4.88. The van der Waals surface area contributed by atoms with E-state index in [2.05, 4.69) is 14.5 Å². The molecule has 6 nitrogen and oxygen atoms in total. The fraction of sp³-hybridized carbons (Fsp3) is 0.500. The molecule has 0 unspecified atom stereocenters. The number of likely N-dealkylation sites (tertiary alicyclic amines) is 2. The summed E-state index contributed by atoms with van der Waals surface area (Å²) in [6, 6.07) is 10.6. The normalized spacial score (nSPS) is 18.0. The second kappa shape index (κ2) is 9.59. The molecule has 0 bridgehead atoms. The summed E-state index contributed by atoms with van der Waals surface area (Å²) >= 11 is 0. The Kier molecular flexibility index (Phi) is 6.84. The van der Waals surface area contributed by atoms with E-state index in [1.165, 1.54) is 25.7 Å². The summed E-state index contributed by atoms with van der Waals surface area (Å²) in [7, 11) is -3.70. The summed E-state index contributed by atoms with van der Waals surface area (Å²) in [5.74, 6) is 0.300. The first-order chi connectivity index (χ1) is 14.9. The summed E-state index contributed by atoms with van der Waals surface area (Å²) < 4.78 is 28.8. The molecule has 0 spiro atoms. The molecule has 31 heavy (non-hydrogen) atoms. The van der Waals surface area contributed by atoms with Gasteiger partial charge in [0, 0.05) is 29.9 Å². The molecule has 2 heterocycles. The van der Waals surface area contributed by atoms with Crippen molar-refractivity contribution in [1.29, 1.82) is 0 Å². The van der Waals surface area contributed by atoms with Crippen LogP contribution in [0.4, 0.5) is 5.69 Å². The Labute approximate surface area is 185 Å². The van der Waals surface area contributed by atoms with Gasteiger partial charge in [-0.05, 0) is 88.1 Å². The average molecular weight is 444 g/mol. The van der Waals surface area contributed by atoms with Crippen LogP contribution in [-0.4, -0.2) is 49.5 Å². The monoisotopic (exact) mass is 443 g/mol. The van der Waals surface area contributed by atoms with E-state index < -0.39 is 10.0 Å². The molecule has 2 aliphatic heterocycles. The second-order valence-corrected chi connectivity index (χ2v) is 10.4. The smallest absolute Gasteiger partial charge is 0.261 e. The fourth-order valence-electron chi connectivity index (χ4n) is 4.54. The number of phenols is 1. The Hall–Kier alpha value is -2.09. The molecular formula is C24H33N3O3S. The molecule has 0 radical (unpaired) electrons. The molecule has 2 aromatic carbocycles. The van der Waals surface area contributed by atoms with E-state index in [1.807, 2.05) is 19.1 Å². The molecule has 0 saturated carbocycles. The minimum atomic E-state index is -3.70. The number of benzene rings is 2. The predicted octanol–water partition coefficient (Wildman–Crippen LogP) is 3.95. The fourth-order valence-corrected chi connectivity index (χ4v) is 5.58. The number of anilines is 1. The summed E-state index contributed by atoms with van der Waals surface area (Å²) in [5, 5.41) is 11.0. The highest BCUT2D eigenvalue weighted by molar-refractivity contribution is 7.92. The maximum atomic E-state index is 13.0. The molecule has 2 fully saturated rings. The molecular weight excluding hydrogens is 410 g/mol. The Morgan fingerprint density at radius 2 is 1.35 bits per heavy atom. The molecule has 0 aromatic heterocycles. The van der Waals surface area contributed by atoms with E-state index in [0.29, 0.717) is 24.5 Å². The lowest BCUT2D eigenvalue weighted by atomic mass is 10.1. The lowest BCUT2D eigenvalue weighted by molar-refractivity contribution is 0.312. The lowest BCUT2D eigenvalue weighted by Crippen LogP contribution is -2.21. The van der Waals surface area contributed by atoms with Gasteiger partial charge in [-0.2, -0.15) is 0 Å². The zero-order valence-electron chi connectivity index (χ0n) is 18.3. The maximum Gasteiger partial charge on any atom is 0.261 e. The largest absolute Gasteiger partial charge is 0.507 e. The van der Waals surface area contributed by atoms with Crippen molar-refractivity contribution in [1.82, 2.24) is 9.80 Å². The minimum Gasteiger partial charge on any atom is -0.507 e. The zero-order chi connectivity index (χ0) is 21.8. The zero-order valence-corrected chi connectivity index (χ0v) is 19.1. The molecule has 0 amide bonds. The molecule has 2 aliphatic rings. The summed E-state index contributed by atoms with van der Waals surface area (Å²) in [6.45, 7) is 7.38. The summed E-state index contributed by atoms with van der Waals surface area (Å²) in [6.07, 6.45) is 5.54. The van der Waals surface area contributed by atoms with Gasteiger partial charge in [0.15, 0.2) is 0 Å². The van der Waals surface area contributed by atoms with Gasteiger partial charge in [-0.25, -0.2) is 8.42 Å². The SMILES string of the molecule is CCc1ccc(S(=O)(=O)Nc2cc(CN3CCCC3)c(O)c(CN3CCCC3)c2)cc1.